The molecular weight excluding hydrogens is 290 g/mol. The lowest BCUT2D eigenvalue weighted by Crippen LogP contribution is -2.26. The quantitative estimate of drug-likeness (QED) is 0.946. The van der Waals surface area contributed by atoms with Crippen LogP contribution in [-0.4, -0.2) is 18.9 Å². The fraction of sp³-hybridized carbons (Fsp3) is 0.125. The van der Waals surface area contributed by atoms with Gasteiger partial charge in [0.1, 0.15) is 11.5 Å². The van der Waals surface area contributed by atoms with E-state index in [1.165, 1.54) is 14.0 Å². The molecule has 0 atom stereocenters. The molecule has 0 saturated carbocycles. The highest BCUT2D eigenvalue weighted by Crippen LogP contribution is 2.28. The van der Waals surface area contributed by atoms with Crippen molar-refractivity contribution in [3.63, 3.8) is 0 Å². The molecule has 2 amide bonds. The molecule has 22 heavy (non-hydrogen) atoms. The summed E-state index contributed by atoms with van der Waals surface area (Å²) in [7, 11) is 1.26. The van der Waals surface area contributed by atoms with Crippen LogP contribution in [0.5, 0.6) is 0 Å². The van der Waals surface area contributed by atoms with Crippen LogP contribution < -0.4 is 10.2 Å². The molecule has 0 fully saturated rings. The van der Waals surface area contributed by atoms with Crippen molar-refractivity contribution in [2.45, 2.75) is 6.92 Å². The molecular formula is C16H14F2N2O2. The Morgan fingerprint density at radius 3 is 2.27 bits per heavy atom. The zero-order valence-corrected chi connectivity index (χ0v) is 12.1. The third-order valence-electron chi connectivity index (χ3n) is 3.16. The van der Waals surface area contributed by atoms with E-state index in [1.807, 2.05) is 0 Å². The minimum Gasteiger partial charge on any atom is -0.319 e. The number of carbonyl (C=O) groups excluding carboxylic acids is 2. The smallest absolute Gasteiger partial charge is 0.255 e. The van der Waals surface area contributed by atoms with Gasteiger partial charge in [-0.2, -0.15) is 0 Å². The van der Waals surface area contributed by atoms with E-state index in [1.54, 1.807) is 30.3 Å². The van der Waals surface area contributed by atoms with E-state index < -0.39 is 29.1 Å². The second-order valence-electron chi connectivity index (χ2n) is 4.66. The standard InChI is InChI=1S/C16H14F2N2O2/c1-10(21)20(2)15-12(17)8-9-13(14(15)18)19-16(22)11-6-4-3-5-7-11/h3-9H,1-2H3,(H,19,22). The van der Waals surface area contributed by atoms with Gasteiger partial charge in [0.15, 0.2) is 5.82 Å². The number of halogens is 2. The number of amides is 2. The van der Waals surface area contributed by atoms with Gasteiger partial charge in [0.05, 0.1) is 5.69 Å². The number of carbonyl (C=O) groups is 2. The minimum absolute atomic E-state index is 0.196. The van der Waals surface area contributed by atoms with Gasteiger partial charge in [0.25, 0.3) is 5.91 Å². The zero-order chi connectivity index (χ0) is 16.3. The Morgan fingerprint density at radius 2 is 1.68 bits per heavy atom. The first kappa shape index (κ1) is 15.6. The summed E-state index contributed by atoms with van der Waals surface area (Å²) in [6, 6.07) is 10.3. The number of nitrogens with one attached hydrogen (secondary N) is 1. The fourth-order valence-corrected chi connectivity index (χ4v) is 1.89. The van der Waals surface area contributed by atoms with E-state index in [4.69, 9.17) is 0 Å². The summed E-state index contributed by atoms with van der Waals surface area (Å²) < 4.78 is 28.1. The van der Waals surface area contributed by atoms with E-state index in [0.717, 1.165) is 17.0 Å². The summed E-state index contributed by atoms with van der Waals surface area (Å²) in [6.45, 7) is 1.19. The predicted octanol–water partition coefficient (Wildman–Crippen LogP) is 3.20. The van der Waals surface area contributed by atoms with E-state index in [2.05, 4.69) is 5.32 Å². The molecule has 0 saturated heterocycles. The summed E-state index contributed by atoms with van der Waals surface area (Å²) in [5.41, 5.74) is -0.357. The lowest BCUT2D eigenvalue weighted by atomic mass is 10.2. The van der Waals surface area contributed by atoms with Crippen molar-refractivity contribution in [3.8, 4) is 0 Å². The van der Waals surface area contributed by atoms with Crippen molar-refractivity contribution in [1.82, 2.24) is 0 Å². The average Bonchev–Trinajstić information content (AvgIpc) is 2.50. The Kier molecular flexibility index (Phi) is 4.50. The molecule has 4 nitrogen and oxygen atoms in total. The van der Waals surface area contributed by atoms with Gasteiger partial charge in [-0.1, -0.05) is 18.2 Å². The number of hydrogen-bond donors (Lipinski definition) is 1. The van der Waals surface area contributed by atoms with Crippen LogP contribution in [0.3, 0.4) is 0 Å². The SMILES string of the molecule is CC(=O)N(C)c1c(F)ccc(NC(=O)c2ccccc2)c1F. The molecule has 114 valence electrons. The maximum absolute atomic E-state index is 14.4. The van der Waals surface area contributed by atoms with E-state index >= 15 is 0 Å². The van der Waals surface area contributed by atoms with Crippen molar-refractivity contribution < 1.29 is 18.4 Å². The van der Waals surface area contributed by atoms with Crippen LogP contribution >= 0.6 is 0 Å². The van der Waals surface area contributed by atoms with Crippen molar-refractivity contribution >= 4 is 23.2 Å². The van der Waals surface area contributed by atoms with Gasteiger partial charge >= 0.3 is 0 Å². The molecule has 0 aliphatic rings. The van der Waals surface area contributed by atoms with E-state index in [-0.39, 0.29) is 5.69 Å². The van der Waals surface area contributed by atoms with E-state index in [0.29, 0.717) is 5.56 Å². The van der Waals surface area contributed by atoms with Crippen LogP contribution in [0.4, 0.5) is 20.2 Å². The Labute approximate surface area is 126 Å². The minimum atomic E-state index is -0.998. The average molecular weight is 304 g/mol. The number of rotatable bonds is 3. The van der Waals surface area contributed by atoms with Gasteiger partial charge in [-0.05, 0) is 24.3 Å². The molecule has 0 aliphatic carbocycles. The molecule has 6 heteroatoms. The van der Waals surface area contributed by atoms with Crippen LogP contribution in [-0.2, 0) is 4.79 Å². The van der Waals surface area contributed by atoms with Crippen LogP contribution in [0.1, 0.15) is 17.3 Å². The monoisotopic (exact) mass is 304 g/mol. The summed E-state index contributed by atoms with van der Waals surface area (Å²) >= 11 is 0. The Bertz CT molecular complexity index is 718. The molecule has 0 spiro atoms. The van der Waals surface area contributed by atoms with Crippen molar-refractivity contribution in [2.75, 3.05) is 17.3 Å². The first-order valence-electron chi connectivity index (χ1n) is 6.50. The van der Waals surface area contributed by atoms with Gasteiger partial charge in [-0.25, -0.2) is 8.78 Å². The first-order chi connectivity index (χ1) is 10.4. The highest BCUT2D eigenvalue weighted by Gasteiger charge is 2.21. The van der Waals surface area contributed by atoms with Gasteiger partial charge < -0.3 is 10.2 Å². The summed E-state index contributed by atoms with van der Waals surface area (Å²) in [6.07, 6.45) is 0. The molecule has 1 N–H and O–H groups in total. The Morgan fingerprint density at radius 1 is 1.05 bits per heavy atom. The van der Waals surface area contributed by atoms with Crippen LogP contribution in [0.15, 0.2) is 42.5 Å². The van der Waals surface area contributed by atoms with Crippen LogP contribution in [0, 0.1) is 11.6 Å². The maximum Gasteiger partial charge on any atom is 0.255 e. The zero-order valence-electron chi connectivity index (χ0n) is 12.1. The van der Waals surface area contributed by atoms with Gasteiger partial charge in [-0.3, -0.25) is 9.59 Å². The molecule has 0 unspecified atom stereocenters. The second-order valence-corrected chi connectivity index (χ2v) is 4.66. The van der Waals surface area contributed by atoms with Gasteiger partial charge in [0, 0.05) is 19.5 Å². The normalized spacial score (nSPS) is 10.2. The highest BCUT2D eigenvalue weighted by atomic mass is 19.1. The van der Waals surface area contributed by atoms with Crippen LogP contribution in [0.25, 0.3) is 0 Å². The largest absolute Gasteiger partial charge is 0.319 e. The van der Waals surface area contributed by atoms with Crippen molar-refractivity contribution in [1.29, 1.82) is 0 Å². The van der Waals surface area contributed by atoms with Crippen LogP contribution in [0.2, 0.25) is 0 Å². The molecule has 0 aliphatic heterocycles. The number of anilines is 2. The van der Waals surface area contributed by atoms with E-state index in [9.17, 15) is 18.4 Å². The molecule has 2 aromatic rings. The Hall–Kier alpha value is -2.76. The molecule has 0 radical (unpaired) electrons. The van der Waals surface area contributed by atoms with Gasteiger partial charge in [0.2, 0.25) is 5.91 Å². The topological polar surface area (TPSA) is 49.4 Å². The molecule has 2 rings (SSSR count). The predicted molar refractivity (Wildman–Crippen MR) is 79.8 cm³/mol. The number of nitrogens with zero attached hydrogens (tertiary/aromatic N) is 1. The number of hydrogen-bond acceptors (Lipinski definition) is 2. The third kappa shape index (κ3) is 3.11. The molecule has 0 heterocycles. The highest BCUT2D eigenvalue weighted by molar-refractivity contribution is 6.04. The Balaban J connectivity index is 2.35. The first-order valence-corrected chi connectivity index (χ1v) is 6.50. The lowest BCUT2D eigenvalue weighted by Gasteiger charge is -2.18. The van der Waals surface area contributed by atoms with Crippen molar-refractivity contribution in [2.24, 2.45) is 0 Å². The summed E-state index contributed by atoms with van der Waals surface area (Å²) in [5.74, 6) is -2.93. The summed E-state index contributed by atoms with van der Waals surface area (Å²) in [5, 5.41) is 2.37. The summed E-state index contributed by atoms with van der Waals surface area (Å²) in [4.78, 5) is 24.2. The second kappa shape index (κ2) is 6.34. The fourth-order valence-electron chi connectivity index (χ4n) is 1.89. The molecule has 0 bridgehead atoms. The van der Waals surface area contributed by atoms with Crippen molar-refractivity contribution in [3.05, 3.63) is 59.7 Å². The number of benzene rings is 2. The molecule has 2 aromatic carbocycles. The van der Waals surface area contributed by atoms with Gasteiger partial charge in [-0.15, -0.1) is 0 Å². The lowest BCUT2D eigenvalue weighted by molar-refractivity contribution is -0.116. The maximum atomic E-state index is 14.4. The molecule has 0 aromatic heterocycles. The third-order valence-corrected chi connectivity index (χ3v) is 3.16.